The van der Waals surface area contributed by atoms with Crippen LogP contribution in [-0.2, 0) is 33.1 Å². The van der Waals surface area contributed by atoms with E-state index in [0.29, 0.717) is 18.7 Å². The van der Waals surface area contributed by atoms with Crippen molar-refractivity contribution in [3.63, 3.8) is 0 Å². The van der Waals surface area contributed by atoms with Gasteiger partial charge in [0, 0.05) is 13.1 Å². The number of hydrogen-bond acceptors (Lipinski definition) is 3. The normalized spacial score (nSPS) is 19.3. The van der Waals surface area contributed by atoms with Gasteiger partial charge < -0.3 is 5.11 Å². The van der Waals surface area contributed by atoms with Gasteiger partial charge in [0.1, 0.15) is 0 Å². The number of carbonyl (C=O) groups is 1. The number of fused-ring (bicyclic) bond motifs is 2. The van der Waals surface area contributed by atoms with Crippen LogP contribution in [0.1, 0.15) is 42.4 Å². The SMILES string of the molecule is O=C(O)Cc1cccc(S(=O)(=O)N2CCC3(CCCc4ccccc43)CC2)c1. The molecule has 1 spiro atoms. The van der Waals surface area contributed by atoms with E-state index in [1.807, 2.05) is 0 Å². The standard InChI is InChI=1S/C22H25NO4S/c24-21(25)16-17-5-3-8-19(15-17)28(26,27)23-13-11-22(12-14-23)10-4-7-18-6-1-2-9-20(18)22/h1-3,5-6,8-9,15H,4,7,10-14,16H2,(H,24,25). The number of aryl methyl sites for hydroxylation is 1. The summed E-state index contributed by atoms with van der Waals surface area (Å²) in [6, 6.07) is 14.9. The van der Waals surface area contributed by atoms with Gasteiger partial charge in [0.2, 0.25) is 10.0 Å². The molecule has 2 aromatic rings. The first-order chi connectivity index (χ1) is 13.4. The molecular weight excluding hydrogens is 374 g/mol. The third-order valence-corrected chi connectivity index (χ3v) is 8.16. The second-order valence-corrected chi connectivity index (χ2v) is 9.85. The first-order valence-corrected chi connectivity index (χ1v) is 11.2. The lowest BCUT2D eigenvalue weighted by Crippen LogP contribution is -2.46. The molecule has 2 aliphatic rings. The average molecular weight is 400 g/mol. The third kappa shape index (κ3) is 3.47. The minimum Gasteiger partial charge on any atom is -0.481 e. The topological polar surface area (TPSA) is 74.7 Å². The molecule has 1 fully saturated rings. The predicted molar refractivity (Wildman–Crippen MR) is 107 cm³/mol. The van der Waals surface area contributed by atoms with Crippen molar-refractivity contribution >= 4 is 16.0 Å². The highest BCUT2D eigenvalue weighted by Gasteiger charge is 2.41. The first-order valence-electron chi connectivity index (χ1n) is 9.80. The van der Waals surface area contributed by atoms with Crippen molar-refractivity contribution < 1.29 is 18.3 Å². The number of carboxylic acid groups (broad SMARTS) is 1. The van der Waals surface area contributed by atoms with Crippen molar-refractivity contribution in [1.82, 2.24) is 4.31 Å². The average Bonchev–Trinajstić information content (AvgIpc) is 2.69. The summed E-state index contributed by atoms with van der Waals surface area (Å²) in [6.45, 7) is 1.000. The Morgan fingerprint density at radius 3 is 2.54 bits per heavy atom. The van der Waals surface area contributed by atoms with Gasteiger partial charge >= 0.3 is 5.97 Å². The zero-order chi connectivity index (χ0) is 19.8. The van der Waals surface area contributed by atoms with Crippen LogP contribution in [0.25, 0.3) is 0 Å². The van der Waals surface area contributed by atoms with Crippen LogP contribution in [0.5, 0.6) is 0 Å². The lowest BCUT2D eigenvalue weighted by molar-refractivity contribution is -0.136. The molecule has 0 aromatic heterocycles. The molecule has 1 N–H and O–H groups in total. The smallest absolute Gasteiger partial charge is 0.307 e. The Hall–Kier alpha value is -2.18. The van der Waals surface area contributed by atoms with Gasteiger partial charge in [-0.1, -0.05) is 36.4 Å². The summed E-state index contributed by atoms with van der Waals surface area (Å²) in [7, 11) is -3.61. The fourth-order valence-corrected chi connectivity index (χ4v) is 6.33. The van der Waals surface area contributed by atoms with E-state index in [1.54, 1.807) is 22.5 Å². The number of rotatable bonds is 4. The molecule has 1 aliphatic heterocycles. The highest BCUT2D eigenvalue weighted by Crippen LogP contribution is 2.45. The molecule has 0 atom stereocenters. The highest BCUT2D eigenvalue weighted by molar-refractivity contribution is 7.89. The molecule has 0 radical (unpaired) electrons. The van der Waals surface area contributed by atoms with Crippen LogP contribution in [0.15, 0.2) is 53.4 Å². The maximum atomic E-state index is 13.1. The third-order valence-electron chi connectivity index (χ3n) is 6.26. The maximum Gasteiger partial charge on any atom is 0.307 e. The van der Waals surface area contributed by atoms with Crippen LogP contribution in [0.3, 0.4) is 0 Å². The van der Waals surface area contributed by atoms with Gasteiger partial charge in [-0.05, 0) is 66.3 Å². The number of sulfonamides is 1. The van der Waals surface area contributed by atoms with Crippen LogP contribution in [0, 0.1) is 0 Å². The Kier molecular flexibility index (Phi) is 5.02. The molecule has 1 aliphatic carbocycles. The molecule has 4 rings (SSSR count). The van der Waals surface area contributed by atoms with Crippen molar-refractivity contribution in [3.8, 4) is 0 Å². The van der Waals surface area contributed by atoms with E-state index < -0.39 is 16.0 Å². The maximum absolute atomic E-state index is 13.1. The summed E-state index contributed by atoms with van der Waals surface area (Å²) in [5.74, 6) is -0.967. The molecule has 2 aromatic carbocycles. The minimum atomic E-state index is -3.61. The number of aliphatic carboxylic acids is 1. The molecular formula is C22H25NO4S. The van der Waals surface area contributed by atoms with Crippen LogP contribution < -0.4 is 0 Å². The number of nitrogens with zero attached hydrogens (tertiary/aromatic N) is 1. The number of hydrogen-bond donors (Lipinski definition) is 1. The zero-order valence-electron chi connectivity index (χ0n) is 15.8. The van der Waals surface area contributed by atoms with Crippen LogP contribution in [0.2, 0.25) is 0 Å². The van der Waals surface area contributed by atoms with Gasteiger partial charge in [-0.3, -0.25) is 4.79 Å². The molecule has 0 unspecified atom stereocenters. The van der Waals surface area contributed by atoms with E-state index in [1.165, 1.54) is 17.2 Å². The van der Waals surface area contributed by atoms with Crippen molar-refractivity contribution in [2.24, 2.45) is 0 Å². The Balaban J connectivity index is 1.55. The second-order valence-electron chi connectivity index (χ2n) is 7.91. The highest BCUT2D eigenvalue weighted by atomic mass is 32.2. The Morgan fingerprint density at radius 1 is 1.04 bits per heavy atom. The summed E-state index contributed by atoms with van der Waals surface area (Å²) in [4.78, 5) is 11.1. The van der Waals surface area contributed by atoms with Crippen LogP contribution in [0.4, 0.5) is 0 Å². The molecule has 148 valence electrons. The lowest BCUT2D eigenvalue weighted by atomic mass is 9.65. The largest absolute Gasteiger partial charge is 0.481 e. The molecule has 0 bridgehead atoms. The second kappa shape index (κ2) is 7.33. The van der Waals surface area contributed by atoms with Crippen LogP contribution >= 0.6 is 0 Å². The number of benzene rings is 2. The van der Waals surface area contributed by atoms with E-state index >= 15 is 0 Å². The molecule has 1 saturated heterocycles. The summed E-state index contributed by atoms with van der Waals surface area (Å²) >= 11 is 0. The van der Waals surface area contributed by atoms with Crippen molar-refractivity contribution in [2.45, 2.75) is 48.8 Å². The van der Waals surface area contributed by atoms with Crippen molar-refractivity contribution in [1.29, 1.82) is 0 Å². The zero-order valence-corrected chi connectivity index (χ0v) is 16.6. The summed E-state index contributed by atoms with van der Waals surface area (Å²) in [5.41, 5.74) is 3.41. The van der Waals surface area contributed by atoms with Gasteiger partial charge in [-0.2, -0.15) is 4.31 Å². The van der Waals surface area contributed by atoms with E-state index in [0.717, 1.165) is 32.1 Å². The van der Waals surface area contributed by atoms with E-state index in [-0.39, 0.29) is 16.7 Å². The number of carboxylic acids is 1. The molecule has 28 heavy (non-hydrogen) atoms. The van der Waals surface area contributed by atoms with Gasteiger partial charge in [0.25, 0.3) is 0 Å². The van der Waals surface area contributed by atoms with Crippen LogP contribution in [-0.4, -0.2) is 36.9 Å². The predicted octanol–water partition coefficient (Wildman–Crippen LogP) is 3.37. The molecule has 6 heteroatoms. The quantitative estimate of drug-likeness (QED) is 0.855. The fraction of sp³-hybridized carbons (Fsp3) is 0.409. The summed E-state index contributed by atoms with van der Waals surface area (Å²) in [5, 5.41) is 8.97. The van der Waals surface area contributed by atoms with Gasteiger partial charge in [0.05, 0.1) is 11.3 Å². The van der Waals surface area contributed by atoms with Gasteiger partial charge in [-0.25, -0.2) is 8.42 Å². The lowest BCUT2D eigenvalue weighted by Gasteiger charge is -2.45. The summed E-state index contributed by atoms with van der Waals surface area (Å²) in [6.07, 6.45) is 4.86. The summed E-state index contributed by atoms with van der Waals surface area (Å²) < 4.78 is 27.8. The molecule has 1 heterocycles. The van der Waals surface area contributed by atoms with E-state index in [2.05, 4.69) is 24.3 Å². The molecule has 5 nitrogen and oxygen atoms in total. The Labute approximate surface area is 166 Å². The monoisotopic (exact) mass is 399 g/mol. The first kappa shape index (κ1) is 19.2. The molecule has 0 saturated carbocycles. The van der Waals surface area contributed by atoms with E-state index in [9.17, 15) is 13.2 Å². The van der Waals surface area contributed by atoms with Crippen molar-refractivity contribution in [3.05, 3.63) is 65.2 Å². The van der Waals surface area contributed by atoms with Gasteiger partial charge in [0.15, 0.2) is 0 Å². The van der Waals surface area contributed by atoms with Crippen molar-refractivity contribution in [2.75, 3.05) is 13.1 Å². The minimum absolute atomic E-state index is 0.0893. The van der Waals surface area contributed by atoms with Gasteiger partial charge in [-0.15, -0.1) is 0 Å². The Bertz CT molecular complexity index is 991. The fourth-order valence-electron chi connectivity index (χ4n) is 4.82. The number of piperidine rings is 1. The van der Waals surface area contributed by atoms with E-state index in [4.69, 9.17) is 5.11 Å². The Morgan fingerprint density at radius 2 is 1.79 bits per heavy atom. The molecule has 0 amide bonds.